The lowest BCUT2D eigenvalue weighted by molar-refractivity contribution is -0.386. The molecule has 170 valence electrons. The number of benzene rings is 2. The van der Waals surface area contributed by atoms with Crippen molar-refractivity contribution in [2.75, 3.05) is 26.0 Å². The van der Waals surface area contributed by atoms with E-state index in [4.69, 9.17) is 9.47 Å². The van der Waals surface area contributed by atoms with Gasteiger partial charge in [-0.15, -0.1) is 0 Å². The Morgan fingerprint density at radius 2 is 2.00 bits per heavy atom. The van der Waals surface area contributed by atoms with Crippen molar-refractivity contribution in [3.05, 3.63) is 57.8 Å². The van der Waals surface area contributed by atoms with Gasteiger partial charge < -0.3 is 9.47 Å². The standard InChI is InChI=1S/C21H24N4O6S/c1-3-14-32(28,29)22-12-13-31-19-11-9-15(20(25(26)27)21(19)30-2)8-10-18-16-6-4-5-7-17(16)23-24-18/h4-11,22H,3,12-14H2,1-2H3,(H,23,24). The minimum atomic E-state index is -3.36. The quantitative estimate of drug-likeness (QED) is 0.254. The fraction of sp³-hybridized carbons (Fsp3) is 0.286. The Hall–Kier alpha value is -3.44. The van der Waals surface area contributed by atoms with Crippen molar-refractivity contribution in [2.24, 2.45) is 0 Å². The van der Waals surface area contributed by atoms with Gasteiger partial charge in [-0.2, -0.15) is 5.10 Å². The molecule has 0 amide bonds. The number of aromatic nitrogens is 2. The Labute approximate surface area is 185 Å². The highest BCUT2D eigenvalue weighted by atomic mass is 32.2. The molecule has 11 heteroatoms. The number of nitro benzene ring substituents is 1. The smallest absolute Gasteiger partial charge is 0.322 e. The van der Waals surface area contributed by atoms with E-state index in [1.54, 1.807) is 31.2 Å². The number of methoxy groups -OCH3 is 1. The van der Waals surface area contributed by atoms with Crippen LogP contribution in [0.3, 0.4) is 0 Å². The minimum Gasteiger partial charge on any atom is -0.488 e. The first kappa shape index (κ1) is 23.2. The summed E-state index contributed by atoms with van der Waals surface area (Å²) in [5.41, 5.74) is 1.56. The van der Waals surface area contributed by atoms with E-state index in [9.17, 15) is 18.5 Å². The zero-order chi connectivity index (χ0) is 23.1. The van der Waals surface area contributed by atoms with E-state index >= 15 is 0 Å². The van der Waals surface area contributed by atoms with Gasteiger partial charge in [0.15, 0.2) is 5.75 Å². The molecule has 0 radical (unpaired) electrons. The van der Waals surface area contributed by atoms with Gasteiger partial charge in [0.05, 0.1) is 34.6 Å². The highest BCUT2D eigenvalue weighted by Gasteiger charge is 2.24. The van der Waals surface area contributed by atoms with Gasteiger partial charge in [-0.05, 0) is 36.8 Å². The number of sulfonamides is 1. The summed E-state index contributed by atoms with van der Waals surface area (Å²) >= 11 is 0. The lowest BCUT2D eigenvalue weighted by Crippen LogP contribution is -2.30. The highest BCUT2D eigenvalue weighted by Crippen LogP contribution is 2.40. The molecule has 10 nitrogen and oxygen atoms in total. The number of H-pyrrole nitrogens is 1. The van der Waals surface area contributed by atoms with Crippen LogP contribution in [-0.2, 0) is 10.0 Å². The van der Waals surface area contributed by atoms with Crippen LogP contribution in [0.15, 0.2) is 36.4 Å². The third-order valence-corrected chi connectivity index (χ3v) is 6.18. The van der Waals surface area contributed by atoms with E-state index in [0.717, 1.165) is 10.9 Å². The normalized spacial score (nSPS) is 11.8. The molecule has 2 N–H and O–H groups in total. The molecular formula is C21H24N4O6S. The Balaban J connectivity index is 1.82. The average molecular weight is 461 g/mol. The first-order valence-corrected chi connectivity index (χ1v) is 11.6. The van der Waals surface area contributed by atoms with Gasteiger partial charge >= 0.3 is 5.69 Å². The summed E-state index contributed by atoms with van der Waals surface area (Å²) in [5, 5.41) is 19.8. The molecule has 0 bridgehead atoms. The number of para-hydroxylation sites is 1. The molecular weight excluding hydrogens is 436 g/mol. The van der Waals surface area contributed by atoms with Crippen molar-refractivity contribution >= 4 is 38.8 Å². The van der Waals surface area contributed by atoms with Crippen LogP contribution < -0.4 is 14.2 Å². The maximum Gasteiger partial charge on any atom is 0.322 e. The third-order valence-electron chi connectivity index (χ3n) is 4.59. The van der Waals surface area contributed by atoms with Crippen LogP contribution in [0.25, 0.3) is 23.1 Å². The summed E-state index contributed by atoms with van der Waals surface area (Å²) < 4.78 is 36.7. The van der Waals surface area contributed by atoms with Crippen LogP contribution in [0.1, 0.15) is 24.6 Å². The molecule has 0 saturated heterocycles. The predicted octanol–water partition coefficient (Wildman–Crippen LogP) is 3.36. The molecule has 0 aliphatic rings. The molecule has 3 rings (SSSR count). The van der Waals surface area contributed by atoms with E-state index in [2.05, 4.69) is 14.9 Å². The van der Waals surface area contributed by atoms with E-state index in [0.29, 0.717) is 17.7 Å². The molecule has 3 aromatic rings. The summed E-state index contributed by atoms with van der Waals surface area (Å²) in [6.07, 6.45) is 3.77. The third kappa shape index (κ3) is 5.42. The van der Waals surface area contributed by atoms with Crippen molar-refractivity contribution in [2.45, 2.75) is 13.3 Å². The number of rotatable bonds is 11. The maximum absolute atomic E-state index is 11.8. The first-order chi connectivity index (χ1) is 15.4. The lowest BCUT2D eigenvalue weighted by atomic mass is 10.1. The van der Waals surface area contributed by atoms with E-state index in [1.807, 2.05) is 24.3 Å². The van der Waals surface area contributed by atoms with E-state index < -0.39 is 14.9 Å². The van der Waals surface area contributed by atoms with Gasteiger partial charge in [-0.3, -0.25) is 15.2 Å². The summed E-state index contributed by atoms with van der Waals surface area (Å²) in [5.74, 6) is 0.130. The Morgan fingerprint density at radius 1 is 1.22 bits per heavy atom. The Kier molecular flexibility index (Phi) is 7.44. The van der Waals surface area contributed by atoms with Crippen LogP contribution in [0.5, 0.6) is 11.5 Å². The summed E-state index contributed by atoms with van der Waals surface area (Å²) in [7, 11) is -2.05. The summed E-state index contributed by atoms with van der Waals surface area (Å²) in [4.78, 5) is 11.2. The number of nitrogens with one attached hydrogen (secondary N) is 2. The highest BCUT2D eigenvalue weighted by molar-refractivity contribution is 7.89. The van der Waals surface area contributed by atoms with Gasteiger partial charge in [0, 0.05) is 11.9 Å². The van der Waals surface area contributed by atoms with Crippen molar-refractivity contribution < 1.29 is 22.8 Å². The molecule has 0 aliphatic carbocycles. The molecule has 1 heterocycles. The number of aromatic amines is 1. The summed E-state index contributed by atoms with van der Waals surface area (Å²) in [6, 6.07) is 10.7. The Bertz CT molecular complexity index is 1240. The molecule has 0 saturated carbocycles. The number of hydrogen-bond acceptors (Lipinski definition) is 7. The molecule has 0 unspecified atom stereocenters. The van der Waals surface area contributed by atoms with Gasteiger partial charge in [-0.1, -0.05) is 25.1 Å². The minimum absolute atomic E-state index is 0.00902. The van der Waals surface area contributed by atoms with E-state index in [-0.39, 0.29) is 36.1 Å². The SMILES string of the molecule is CCCS(=O)(=O)NCCOc1ccc(C=Cc2n[nH]c3ccccc23)c([N+](=O)[O-])c1OC. The number of nitro groups is 1. The van der Waals surface area contributed by atoms with Crippen LogP contribution in [-0.4, -0.2) is 49.6 Å². The second kappa shape index (κ2) is 10.2. The maximum atomic E-state index is 11.8. The fourth-order valence-corrected chi connectivity index (χ4v) is 4.26. The molecule has 0 fully saturated rings. The number of nitrogens with zero attached hydrogens (tertiary/aromatic N) is 2. The van der Waals surface area contributed by atoms with Crippen molar-refractivity contribution in [3.63, 3.8) is 0 Å². The predicted molar refractivity (Wildman–Crippen MR) is 122 cm³/mol. The van der Waals surface area contributed by atoms with Crippen LogP contribution >= 0.6 is 0 Å². The zero-order valence-electron chi connectivity index (χ0n) is 17.7. The van der Waals surface area contributed by atoms with E-state index in [1.165, 1.54) is 7.11 Å². The first-order valence-electron chi connectivity index (χ1n) is 9.93. The molecule has 32 heavy (non-hydrogen) atoms. The van der Waals surface area contributed by atoms with Crippen molar-refractivity contribution in [1.29, 1.82) is 0 Å². The van der Waals surface area contributed by atoms with Gasteiger partial charge in [0.1, 0.15) is 6.61 Å². The second-order valence-corrected chi connectivity index (χ2v) is 8.77. The molecule has 1 aromatic heterocycles. The second-order valence-electron chi connectivity index (χ2n) is 6.84. The Morgan fingerprint density at radius 3 is 2.72 bits per heavy atom. The molecule has 0 spiro atoms. The monoisotopic (exact) mass is 460 g/mol. The fourth-order valence-electron chi connectivity index (χ4n) is 3.18. The molecule has 0 aliphatic heterocycles. The van der Waals surface area contributed by atoms with Gasteiger partial charge in [0.2, 0.25) is 15.8 Å². The lowest BCUT2D eigenvalue weighted by Gasteiger charge is -2.12. The van der Waals surface area contributed by atoms with Crippen molar-refractivity contribution in [1.82, 2.24) is 14.9 Å². The van der Waals surface area contributed by atoms with Crippen molar-refractivity contribution in [3.8, 4) is 11.5 Å². The number of fused-ring (bicyclic) bond motifs is 1. The van der Waals surface area contributed by atoms with Gasteiger partial charge in [-0.25, -0.2) is 13.1 Å². The number of hydrogen-bond donors (Lipinski definition) is 2. The topological polar surface area (TPSA) is 136 Å². The number of ether oxygens (including phenoxy) is 2. The summed E-state index contributed by atoms with van der Waals surface area (Å²) in [6.45, 7) is 1.79. The van der Waals surface area contributed by atoms with Crippen LogP contribution in [0, 0.1) is 10.1 Å². The van der Waals surface area contributed by atoms with Crippen LogP contribution in [0.4, 0.5) is 5.69 Å². The molecule has 2 aromatic carbocycles. The molecule has 0 atom stereocenters. The van der Waals surface area contributed by atoms with Crippen LogP contribution in [0.2, 0.25) is 0 Å². The zero-order valence-corrected chi connectivity index (χ0v) is 18.5. The largest absolute Gasteiger partial charge is 0.488 e. The van der Waals surface area contributed by atoms with Gasteiger partial charge in [0.25, 0.3) is 0 Å². The average Bonchev–Trinajstić information content (AvgIpc) is 3.18.